The van der Waals surface area contributed by atoms with E-state index in [1.807, 2.05) is 30.6 Å². The zero-order chi connectivity index (χ0) is 22.3. The first-order valence-electron chi connectivity index (χ1n) is 11.5. The van der Waals surface area contributed by atoms with Crippen LogP contribution in [0, 0.1) is 11.8 Å². The minimum atomic E-state index is -3.62. The molecule has 1 saturated carbocycles. The Morgan fingerprint density at radius 2 is 1.68 bits per heavy atom. The highest BCUT2D eigenvalue weighted by Gasteiger charge is 2.40. The van der Waals surface area contributed by atoms with Gasteiger partial charge in [-0.1, -0.05) is 0 Å². The van der Waals surface area contributed by atoms with Crippen molar-refractivity contribution < 1.29 is 18.0 Å². The molecule has 0 N–H and O–H groups in total. The van der Waals surface area contributed by atoms with E-state index < -0.39 is 10.0 Å². The van der Waals surface area contributed by atoms with E-state index in [-0.39, 0.29) is 34.6 Å². The van der Waals surface area contributed by atoms with Crippen LogP contribution in [0.15, 0.2) is 23.1 Å². The second kappa shape index (κ2) is 8.54. The smallest absolute Gasteiger partial charge is 0.243 e. The number of carbonyl (C=O) groups is 2. The van der Waals surface area contributed by atoms with E-state index in [0.29, 0.717) is 45.4 Å². The van der Waals surface area contributed by atoms with Crippen LogP contribution >= 0.6 is 0 Å². The highest BCUT2D eigenvalue weighted by atomic mass is 32.2. The number of carbonyl (C=O) groups excluding carboxylic acids is 2. The van der Waals surface area contributed by atoms with E-state index in [9.17, 15) is 18.0 Å². The minimum Gasteiger partial charge on any atom is -0.343 e. The molecular formula is C23H33N3O4S. The van der Waals surface area contributed by atoms with Crippen molar-refractivity contribution >= 4 is 27.5 Å². The van der Waals surface area contributed by atoms with Crippen LogP contribution in [0.1, 0.15) is 52.0 Å². The van der Waals surface area contributed by atoms with Gasteiger partial charge in [-0.05, 0) is 76.6 Å². The van der Waals surface area contributed by atoms with Crippen molar-refractivity contribution in [1.29, 1.82) is 0 Å². The standard InChI is InChI=1S/C23H33N3O4S/c1-4-24(5-2)22(27)18-10-12-25(13-11-18)31(29,30)20-8-9-21-19(15-20)14-16(3)26(21)23(28)17-6-7-17/h8-9,15-18H,4-7,10-14H2,1-3H3. The molecule has 1 aromatic rings. The maximum atomic E-state index is 13.3. The third-order valence-electron chi connectivity index (χ3n) is 6.95. The maximum absolute atomic E-state index is 13.3. The monoisotopic (exact) mass is 447 g/mol. The highest BCUT2D eigenvalue weighted by molar-refractivity contribution is 7.89. The number of benzene rings is 1. The Bertz CT molecular complexity index is 961. The molecule has 2 amide bonds. The van der Waals surface area contributed by atoms with E-state index in [4.69, 9.17) is 0 Å². The predicted octanol–water partition coefficient (Wildman–Crippen LogP) is 2.64. The molecule has 0 bridgehead atoms. The first-order chi connectivity index (χ1) is 14.8. The van der Waals surface area contributed by atoms with Crippen LogP contribution in [0.4, 0.5) is 5.69 Å². The molecule has 170 valence electrons. The number of hydrogen-bond donors (Lipinski definition) is 0. The van der Waals surface area contributed by atoms with Crippen molar-refractivity contribution in [2.24, 2.45) is 11.8 Å². The molecule has 3 aliphatic rings. The Labute approximate surface area is 185 Å². The zero-order valence-corrected chi connectivity index (χ0v) is 19.5. The molecule has 2 aliphatic heterocycles. The molecule has 7 nitrogen and oxygen atoms in total. The normalized spacial score (nSPS) is 22.4. The van der Waals surface area contributed by atoms with Crippen LogP contribution in [0.5, 0.6) is 0 Å². The molecule has 2 heterocycles. The van der Waals surface area contributed by atoms with Crippen molar-refractivity contribution in [3.05, 3.63) is 23.8 Å². The summed E-state index contributed by atoms with van der Waals surface area (Å²) in [6.07, 6.45) is 3.70. The molecule has 8 heteroatoms. The molecule has 31 heavy (non-hydrogen) atoms. The van der Waals surface area contributed by atoms with Crippen LogP contribution in [0.2, 0.25) is 0 Å². The summed E-state index contributed by atoms with van der Waals surface area (Å²) in [4.78, 5) is 29.2. The molecule has 0 aromatic heterocycles. The van der Waals surface area contributed by atoms with E-state index in [0.717, 1.165) is 24.1 Å². The lowest BCUT2D eigenvalue weighted by molar-refractivity contribution is -0.136. The van der Waals surface area contributed by atoms with Crippen LogP contribution < -0.4 is 4.90 Å². The number of nitrogens with zero attached hydrogens (tertiary/aromatic N) is 3. The second-order valence-corrected chi connectivity index (χ2v) is 11.0. The summed E-state index contributed by atoms with van der Waals surface area (Å²) >= 11 is 0. The zero-order valence-electron chi connectivity index (χ0n) is 18.7. The van der Waals surface area contributed by atoms with Crippen molar-refractivity contribution in [3.8, 4) is 0 Å². The average molecular weight is 448 g/mol. The molecular weight excluding hydrogens is 414 g/mol. The lowest BCUT2D eigenvalue weighted by Crippen LogP contribution is -2.44. The summed E-state index contributed by atoms with van der Waals surface area (Å²) in [5, 5.41) is 0. The summed E-state index contributed by atoms with van der Waals surface area (Å²) in [6.45, 7) is 8.04. The Morgan fingerprint density at radius 3 is 2.26 bits per heavy atom. The van der Waals surface area contributed by atoms with Gasteiger partial charge in [-0.3, -0.25) is 9.59 Å². The van der Waals surface area contributed by atoms with Gasteiger partial charge in [0.05, 0.1) is 4.90 Å². The van der Waals surface area contributed by atoms with Gasteiger partial charge in [0.25, 0.3) is 0 Å². The third kappa shape index (κ3) is 4.12. The number of hydrogen-bond acceptors (Lipinski definition) is 4. The SMILES string of the molecule is CCN(CC)C(=O)C1CCN(S(=O)(=O)c2ccc3c(c2)CC(C)N3C(=O)C2CC2)CC1. The predicted molar refractivity (Wildman–Crippen MR) is 119 cm³/mol. The summed E-state index contributed by atoms with van der Waals surface area (Å²) < 4.78 is 28.1. The van der Waals surface area contributed by atoms with Gasteiger partial charge >= 0.3 is 0 Å². The number of fused-ring (bicyclic) bond motifs is 1. The summed E-state index contributed by atoms with van der Waals surface area (Å²) in [5.41, 5.74) is 1.78. The molecule has 1 aliphatic carbocycles. The Morgan fingerprint density at radius 1 is 1.03 bits per heavy atom. The van der Waals surface area contributed by atoms with Crippen molar-refractivity contribution in [1.82, 2.24) is 9.21 Å². The van der Waals surface area contributed by atoms with Gasteiger partial charge in [0.1, 0.15) is 0 Å². The van der Waals surface area contributed by atoms with Crippen LogP contribution in [0.3, 0.4) is 0 Å². The number of piperidine rings is 1. The second-order valence-electron chi connectivity index (χ2n) is 9.02. The van der Waals surface area contributed by atoms with E-state index in [1.54, 1.807) is 18.2 Å². The summed E-state index contributed by atoms with van der Waals surface area (Å²) in [7, 11) is -3.62. The van der Waals surface area contributed by atoms with Gasteiger partial charge in [0, 0.05) is 49.7 Å². The van der Waals surface area contributed by atoms with Gasteiger partial charge in [0.15, 0.2) is 0 Å². The fourth-order valence-corrected chi connectivity index (χ4v) is 6.44. The quantitative estimate of drug-likeness (QED) is 0.672. The first kappa shape index (κ1) is 22.3. The van der Waals surface area contributed by atoms with Gasteiger partial charge in [-0.2, -0.15) is 4.31 Å². The number of sulfonamides is 1. The molecule has 2 fully saturated rings. The maximum Gasteiger partial charge on any atom is 0.243 e. The Kier molecular flexibility index (Phi) is 6.14. The Hall–Kier alpha value is -1.93. The molecule has 1 atom stereocenters. The first-order valence-corrected chi connectivity index (χ1v) is 13.0. The molecule has 0 spiro atoms. The molecule has 1 unspecified atom stereocenters. The lowest BCUT2D eigenvalue weighted by atomic mass is 9.96. The van der Waals surface area contributed by atoms with Gasteiger partial charge in [-0.15, -0.1) is 0 Å². The lowest BCUT2D eigenvalue weighted by Gasteiger charge is -2.33. The number of anilines is 1. The molecule has 0 radical (unpaired) electrons. The van der Waals surface area contributed by atoms with E-state index in [1.165, 1.54) is 4.31 Å². The largest absolute Gasteiger partial charge is 0.343 e. The molecule has 1 aromatic carbocycles. The minimum absolute atomic E-state index is 0.0582. The number of rotatable bonds is 6. The van der Waals surface area contributed by atoms with Crippen LogP contribution in [0.25, 0.3) is 0 Å². The summed E-state index contributed by atoms with van der Waals surface area (Å²) in [5.74, 6) is 0.335. The molecule has 4 rings (SSSR count). The summed E-state index contributed by atoms with van der Waals surface area (Å²) in [6, 6.07) is 5.23. The fraction of sp³-hybridized carbons (Fsp3) is 0.652. The molecule has 1 saturated heterocycles. The third-order valence-corrected chi connectivity index (χ3v) is 8.84. The Balaban J connectivity index is 1.47. The average Bonchev–Trinajstić information content (AvgIpc) is 3.56. The van der Waals surface area contributed by atoms with Crippen LogP contribution in [-0.2, 0) is 26.0 Å². The van der Waals surface area contributed by atoms with Gasteiger partial charge in [-0.25, -0.2) is 8.42 Å². The van der Waals surface area contributed by atoms with Crippen molar-refractivity contribution in [2.45, 2.75) is 63.8 Å². The number of amides is 2. The topological polar surface area (TPSA) is 78.0 Å². The van der Waals surface area contributed by atoms with E-state index >= 15 is 0 Å². The van der Waals surface area contributed by atoms with Gasteiger partial charge < -0.3 is 9.80 Å². The van der Waals surface area contributed by atoms with Crippen molar-refractivity contribution in [2.75, 3.05) is 31.1 Å². The van der Waals surface area contributed by atoms with Crippen LogP contribution in [-0.4, -0.2) is 61.7 Å². The fourth-order valence-electron chi connectivity index (χ4n) is 4.92. The highest BCUT2D eigenvalue weighted by Crippen LogP contribution is 2.40. The van der Waals surface area contributed by atoms with Crippen molar-refractivity contribution in [3.63, 3.8) is 0 Å². The van der Waals surface area contributed by atoms with E-state index in [2.05, 4.69) is 0 Å². The van der Waals surface area contributed by atoms with Gasteiger partial charge in [0.2, 0.25) is 21.8 Å².